The number of nitrogens with two attached hydrogens (primary N) is 1. The van der Waals surface area contributed by atoms with Gasteiger partial charge >= 0.3 is 0 Å². The maximum absolute atomic E-state index is 13.0. The number of fused-ring (bicyclic) bond motifs is 1. The van der Waals surface area contributed by atoms with E-state index in [4.69, 9.17) is 5.73 Å². The van der Waals surface area contributed by atoms with Gasteiger partial charge < -0.3 is 11.1 Å². The van der Waals surface area contributed by atoms with E-state index in [0.29, 0.717) is 24.8 Å². The van der Waals surface area contributed by atoms with E-state index >= 15 is 0 Å². The van der Waals surface area contributed by atoms with Gasteiger partial charge in [0.2, 0.25) is 11.8 Å². The summed E-state index contributed by atoms with van der Waals surface area (Å²) >= 11 is 0. The molecule has 2 aromatic rings. The maximum atomic E-state index is 13.0. The summed E-state index contributed by atoms with van der Waals surface area (Å²) in [5.41, 5.74) is 11.1. The zero-order chi connectivity index (χ0) is 21.1. The minimum absolute atomic E-state index is 0.120. The van der Waals surface area contributed by atoms with Crippen LogP contribution in [0.2, 0.25) is 0 Å². The number of primary amides is 1. The van der Waals surface area contributed by atoms with Crippen molar-refractivity contribution >= 4 is 17.5 Å². The highest BCUT2D eigenvalue weighted by atomic mass is 16.2. The van der Waals surface area contributed by atoms with E-state index in [1.807, 2.05) is 35.2 Å². The third kappa shape index (κ3) is 4.67. The van der Waals surface area contributed by atoms with E-state index in [0.717, 1.165) is 27.9 Å². The molecule has 1 atom stereocenters. The molecule has 5 heteroatoms. The molecule has 2 aromatic carbocycles. The number of anilines is 1. The van der Waals surface area contributed by atoms with Crippen LogP contribution in [-0.4, -0.2) is 29.3 Å². The summed E-state index contributed by atoms with van der Waals surface area (Å²) in [6.45, 7) is 9.17. The Morgan fingerprint density at radius 1 is 1.00 bits per heavy atom. The van der Waals surface area contributed by atoms with Crippen LogP contribution >= 0.6 is 0 Å². The lowest BCUT2D eigenvalue weighted by Gasteiger charge is -2.34. The topological polar surface area (TPSA) is 75.4 Å². The normalized spacial score (nSPS) is 16.7. The molecular weight excluding hydrogens is 362 g/mol. The number of carbonyl (C=O) groups excluding carboxylic acids is 2. The predicted molar refractivity (Wildman–Crippen MR) is 117 cm³/mol. The summed E-state index contributed by atoms with van der Waals surface area (Å²) in [7, 11) is 0. The number of benzene rings is 2. The van der Waals surface area contributed by atoms with Crippen molar-refractivity contribution in [1.29, 1.82) is 0 Å². The van der Waals surface area contributed by atoms with Crippen LogP contribution in [0.25, 0.3) is 0 Å². The van der Waals surface area contributed by atoms with Gasteiger partial charge in [0.05, 0.1) is 12.6 Å². The summed E-state index contributed by atoms with van der Waals surface area (Å²) in [5, 5.41) is 3.14. The zero-order valence-corrected chi connectivity index (χ0v) is 17.7. The van der Waals surface area contributed by atoms with E-state index in [1.54, 1.807) is 0 Å². The van der Waals surface area contributed by atoms with Gasteiger partial charge in [0.25, 0.3) is 0 Å². The average molecular weight is 394 g/mol. The Kier molecular flexibility index (Phi) is 6.38. The number of para-hydroxylation sites is 1. The van der Waals surface area contributed by atoms with E-state index in [2.05, 4.69) is 45.1 Å². The summed E-state index contributed by atoms with van der Waals surface area (Å²) < 4.78 is 0. The summed E-state index contributed by atoms with van der Waals surface area (Å²) in [6.07, 6.45) is 0.540. The number of nitrogens with one attached hydrogen (secondary N) is 1. The van der Waals surface area contributed by atoms with E-state index in [9.17, 15) is 9.59 Å². The van der Waals surface area contributed by atoms with Crippen molar-refractivity contribution in [2.75, 3.05) is 11.9 Å². The lowest BCUT2D eigenvalue weighted by Crippen LogP contribution is -2.51. The molecule has 0 aromatic heterocycles. The van der Waals surface area contributed by atoms with Gasteiger partial charge in [-0.3, -0.25) is 14.5 Å². The third-order valence-electron chi connectivity index (χ3n) is 5.66. The minimum atomic E-state index is -0.472. The van der Waals surface area contributed by atoms with E-state index < -0.39 is 11.9 Å². The molecule has 0 radical (unpaired) electrons. The summed E-state index contributed by atoms with van der Waals surface area (Å²) in [4.78, 5) is 26.9. The fourth-order valence-electron chi connectivity index (χ4n) is 4.08. The number of nitrogens with zero attached hydrogens (tertiary/aromatic N) is 1. The van der Waals surface area contributed by atoms with Crippen molar-refractivity contribution < 1.29 is 9.59 Å². The number of hydrogen-bond donors (Lipinski definition) is 2. The molecule has 1 aliphatic heterocycles. The van der Waals surface area contributed by atoms with Crippen LogP contribution in [0.1, 0.15) is 61.8 Å². The first kappa shape index (κ1) is 21.1. The highest BCUT2D eigenvalue weighted by Crippen LogP contribution is 2.32. The average Bonchev–Trinajstić information content (AvgIpc) is 2.66. The Morgan fingerprint density at radius 3 is 2.14 bits per heavy atom. The van der Waals surface area contributed by atoms with Crippen molar-refractivity contribution in [2.45, 2.75) is 58.5 Å². The van der Waals surface area contributed by atoms with Gasteiger partial charge in [-0.05, 0) is 40.5 Å². The predicted octanol–water partition coefficient (Wildman–Crippen LogP) is 3.78. The molecule has 0 unspecified atom stereocenters. The lowest BCUT2D eigenvalue weighted by molar-refractivity contribution is -0.125. The van der Waals surface area contributed by atoms with Crippen LogP contribution in [0.4, 0.5) is 5.69 Å². The van der Waals surface area contributed by atoms with Crippen LogP contribution in [-0.2, 0) is 22.6 Å². The van der Waals surface area contributed by atoms with Gasteiger partial charge in [-0.15, -0.1) is 0 Å². The molecule has 0 bridgehead atoms. The Balaban J connectivity index is 1.83. The maximum Gasteiger partial charge on any atom is 0.238 e. The molecular formula is C24H31N3O2. The second-order valence-corrected chi connectivity index (χ2v) is 8.47. The van der Waals surface area contributed by atoms with Crippen molar-refractivity contribution in [3.8, 4) is 0 Å². The highest BCUT2D eigenvalue weighted by Gasteiger charge is 2.31. The molecule has 29 heavy (non-hydrogen) atoms. The quantitative estimate of drug-likeness (QED) is 0.784. The number of hydrogen-bond acceptors (Lipinski definition) is 3. The van der Waals surface area contributed by atoms with Gasteiger partial charge in [-0.25, -0.2) is 0 Å². The zero-order valence-electron chi connectivity index (χ0n) is 17.7. The standard InChI is InChI=1S/C24H31N3O2/c1-15(2)19-10-7-11-20(16(3)4)23(19)26-22(28)14-27-13-18-9-6-5-8-17(18)12-21(27)24(25)29/h5-11,15-16,21H,12-14H2,1-4H3,(H2,25,29)(H,26,28)/t21-/m0/s1. The number of rotatable bonds is 6. The Morgan fingerprint density at radius 2 is 1.59 bits per heavy atom. The second kappa shape index (κ2) is 8.78. The first-order chi connectivity index (χ1) is 13.8. The van der Waals surface area contributed by atoms with Gasteiger partial charge in [0.15, 0.2) is 0 Å². The number of amides is 2. The molecule has 3 N–H and O–H groups in total. The molecule has 1 aliphatic rings. The molecule has 0 fully saturated rings. The van der Waals surface area contributed by atoms with Crippen LogP contribution in [0, 0.1) is 0 Å². The van der Waals surface area contributed by atoms with Crippen LogP contribution in [0.3, 0.4) is 0 Å². The third-order valence-corrected chi connectivity index (χ3v) is 5.66. The Bertz CT molecular complexity index is 878. The van der Waals surface area contributed by atoms with Crippen LogP contribution in [0.15, 0.2) is 42.5 Å². The van der Waals surface area contributed by atoms with Crippen molar-refractivity contribution in [3.05, 3.63) is 64.7 Å². The summed E-state index contributed by atoms with van der Waals surface area (Å²) in [6, 6.07) is 13.7. The molecule has 0 spiro atoms. The fraction of sp³-hybridized carbons (Fsp3) is 0.417. The van der Waals surface area contributed by atoms with Crippen LogP contribution < -0.4 is 11.1 Å². The molecule has 3 rings (SSSR count). The van der Waals surface area contributed by atoms with Crippen molar-refractivity contribution in [3.63, 3.8) is 0 Å². The first-order valence-corrected chi connectivity index (χ1v) is 10.3. The van der Waals surface area contributed by atoms with Gasteiger partial charge in [0, 0.05) is 12.2 Å². The smallest absolute Gasteiger partial charge is 0.238 e. The van der Waals surface area contributed by atoms with E-state index in [1.165, 1.54) is 0 Å². The number of carbonyl (C=O) groups is 2. The Hall–Kier alpha value is -2.66. The molecule has 1 heterocycles. The minimum Gasteiger partial charge on any atom is -0.368 e. The second-order valence-electron chi connectivity index (χ2n) is 8.47. The fourth-order valence-corrected chi connectivity index (χ4v) is 4.08. The SMILES string of the molecule is CC(C)c1cccc(C(C)C)c1NC(=O)CN1Cc2ccccc2C[C@H]1C(N)=O. The van der Waals surface area contributed by atoms with E-state index in [-0.39, 0.29) is 12.5 Å². The van der Waals surface area contributed by atoms with Crippen LogP contribution in [0.5, 0.6) is 0 Å². The Labute approximate surface area is 173 Å². The largest absolute Gasteiger partial charge is 0.368 e. The molecule has 154 valence electrons. The van der Waals surface area contributed by atoms with Gasteiger partial charge in [0.1, 0.15) is 0 Å². The molecule has 5 nitrogen and oxygen atoms in total. The first-order valence-electron chi connectivity index (χ1n) is 10.3. The van der Waals surface area contributed by atoms with Crippen molar-refractivity contribution in [1.82, 2.24) is 4.90 Å². The summed E-state index contributed by atoms with van der Waals surface area (Å²) in [5.74, 6) is 0.0804. The lowest BCUT2D eigenvalue weighted by atomic mass is 9.92. The van der Waals surface area contributed by atoms with Crippen molar-refractivity contribution in [2.24, 2.45) is 5.73 Å². The molecule has 0 saturated heterocycles. The highest BCUT2D eigenvalue weighted by molar-refractivity contribution is 5.94. The molecule has 0 saturated carbocycles. The molecule has 0 aliphatic carbocycles. The van der Waals surface area contributed by atoms with Gasteiger partial charge in [-0.2, -0.15) is 0 Å². The monoisotopic (exact) mass is 393 g/mol. The molecule has 2 amide bonds. The van der Waals surface area contributed by atoms with Gasteiger partial charge in [-0.1, -0.05) is 70.2 Å².